The van der Waals surface area contributed by atoms with E-state index in [2.05, 4.69) is 11.2 Å². The van der Waals surface area contributed by atoms with Gasteiger partial charge in [0.15, 0.2) is 0 Å². The molecule has 1 aliphatic heterocycles. The number of carbonyl (C=O) groups excluding carboxylic acids is 2. The number of hydrogen-bond acceptors (Lipinski definition) is 2. The van der Waals surface area contributed by atoms with Gasteiger partial charge in [0.25, 0.3) is 0 Å². The number of amides is 3. The van der Waals surface area contributed by atoms with Crippen LogP contribution in [0.15, 0.2) is 0 Å². The third-order valence-electron chi connectivity index (χ3n) is 1.77. The number of nitrogens with one attached hydrogen (secondary N) is 1. The van der Waals surface area contributed by atoms with Crippen LogP contribution in [0.2, 0.25) is 0 Å². The highest BCUT2D eigenvalue weighted by Crippen LogP contribution is 2.07. The first kappa shape index (κ1) is 8.60. The molecular weight excluding hydrogens is 156 g/mol. The van der Waals surface area contributed by atoms with E-state index in [0.29, 0.717) is 6.42 Å². The van der Waals surface area contributed by atoms with Crippen molar-refractivity contribution in [2.75, 3.05) is 6.54 Å². The second-order valence-electron chi connectivity index (χ2n) is 2.74. The summed E-state index contributed by atoms with van der Waals surface area (Å²) >= 11 is 0. The summed E-state index contributed by atoms with van der Waals surface area (Å²) in [6, 6.07) is -0.413. The second-order valence-corrected chi connectivity index (χ2v) is 2.74. The van der Waals surface area contributed by atoms with E-state index in [-0.39, 0.29) is 24.5 Å². The van der Waals surface area contributed by atoms with Crippen molar-refractivity contribution in [1.29, 1.82) is 0 Å². The molecule has 1 aliphatic rings. The predicted octanol–water partition coefficient (Wildman–Crippen LogP) is -0.0500. The van der Waals surface area contributed by atoms with Crippen molar-refractivity contribution in [3.05, 3.63) is 0 Å². The van der Waals surface area contributed by atoms with Crippen molar-refractivity contribution in [2.24, 2.45) is 0 Å². The van der Waals surface area contributed by atoms with Crippen molar-refractivity contribution in [1.82, 2.24) is 10.2 Å². The molecule has 1 saturated heterocycles. The van der Waals surface area contributed by atoms with Gasteiger partial charge >= 0.3 is 6.03 Å². The minimum Gasteiger partial charge on any atom is -0.311 e. The topological polar surface area (TPSA) is 49.4 Å². The number of carbonyl (C=O) groups is 2. The fourth-order valence-electron chi connectivity index (χ4n) is 1.09. The molecule has 1 unspecified atom stereocenters. The van der Waals surface area contributed by atoms with Crippen LogP contribution in [-0.2, 0) is 4.79 Å². The molecule has 0 saturated carbocycles. The quantitative estimate of drug-likeness (QED) is 0.462. The summed E-state index contributed by atoms with van der Waals surface area (Å²) in [5.41, 5.74) is 0. The van der Waals surface area contributed by atoms with Crippen molar-refractivity contribution < 1.29 is 9.59 Å². The normalized spacial score (nSPS) is 18.8. The largest absolute Gasteiger partial charge is 0.324 e. The zero-order chi connectivity index (χ0) is 9.14. The van der Waals surface area contributed by atoms with Crippen LogP contribution >= 0.6 is 0 Å². The van der Waals surface area contributed by atoms with Crippen LogP contribution in [0.1, 0.15) is 13.3 Å². The highest BCUT2D eigenvalue weighted by atomic mass is 16.2. The molecule has 0 aromatic carbocycles. The molecule has 4 heteroatoms. The standard InChI is InChI=1S/C8H10N2O2/c1-3-4-6(2)10-5-7(11)9-8(10)12/h1,6H,4-5H2,2H3,(H,9,11,12). The van der Waals surface area contributed by atoms with Gasteiger partial charge in [-0.05, 0) is 6.92 Å². The van der Waals surface area contributed by atoms with Gasteiger partial charge in [0.2, 0.25) is 5.91 Å². The fourth-order valence-corrected chi connectivity index (χ4v) is 1.09. The molecule has 1 atom stereocenters. The van der Waals surface area contributed by atoms with Crippen LogP contribution < -0.4 is 5.32 Å². The Balaban J connectivity index is 2.59. The Labute approximate surface area is 70.9 Å². The summed E-state index contributed by atoms with van der Waals surface area (Å²) in [5.74, 6) is 2.19. The maximum Gasteiger partial charge on any atom is 0.324 e. The summed E-state index contributed by atoms with van der Waals surface area (Å²) in [5, 5.41) is 2.19. The molecule has 0 aromatic rings. The minimum atomic E-state index is -0.345. The van der Waals surface area contributed by atoms with Gasteiger partial charge in [-0.1, -0.05) is 0 Å². The van der Waals surface area contributed by atoms with Crippen LogP contribution in [0.4, 0.5) is 4.79 Å². The van der Waals surface area contributed by atoms with E-state index < -0.39 is 0 Å². The number of terminal acetylenes is 1. The lowest BCUT2D eigenvalue weighted by atomic mass is 10.2. The van der Waals surface area contributed by atoms with Crippen LogP contribution in [0.3, 0.4) is 0 Å². The van der Waals surface area contributed by atoms with E-state index in [0.717, 1.165) is 0 Å². The first-order chi connectivity index (χ1) is 5.65. The molecule has 0 bridgehead atoms. The molecule has 3 amide bonds. The first-order valence-electron chi connectivity index (χ1n) is 3.69. The summed E-state index contributed by atoms with van der Waals surface area (Å²) in [6.07, 6.45) is 5.56. The summed E-state index contributed by atoms with van der Waals surface area (Å²) < 4.78 is 0. The Kier molecular flexibility index (Phi) is 2.34. The van der Waals surface area contributed by atoms with Gasteiger partial charge in [0, 0.05) is 12.5 Å². The van der Waals surface area contributed by atoms with Gasteiger partial charge in [-0.2, -0.15) is 0 Å². The Bertz CT molecular complexity index is 254. The van der Waals surface area contributed by atoms with E-state index in [1.165, 1.54) is 4.90 Å². The Morgan fingerprint density at radius 1 is 1.75 bits per heavy atom. The molecule has 12 heavy (non-hydrogen) atoms. The predicted molar refractivity (Wildman–Crippen MR) is 43.2 cm³/mol. The van der Waals surface area contributed by atoms with Crippen LogP contribution in [0, 0.1) is 12.3 Å². The zero-order valence-electron chi connectivity index (χ0n) is 6.83. The lowest BCUT2D eigenvalue weighted by Crippen LogP contribution is -2.35. The van der Waals surface area contributed by atoms with E-state index in [9.17, 15) is 9.59 Å². The van der Waals surface area contributed by atoms with Crippen LogP contribution in [0.25, 0.3) is 0 Å². The fraction of sp³-hybridized carbons (Fsp3) is 0.500. The summed E-state index contributed by atoms with van der Waals surface area (Å²) in [4.78, 5) is 23.2. The van der Waals surface area contributed by atoms with E-state index >= 15 is 0 Å². The molecule has 0 aliphatic carbocycles. The average Bonchev–Trinajstić information content (AvgIpc) is 2.30. The monoisotopic (exact) mass is 166 g/mol. The SMILES string of the molecule is C#CCC(C)N1CC(=O)NC1=O. The lowest BCUT2D eigenvalue weighted by molar-refractivity contribution is -0.118. The Morgan fingerprint density at radius 3 is 2.83 bits per heavy atom. The van der Waals surface area contributed by atoms with Crippen molar-refractivity contribution in [3.8, 4) is 12.3 Å². The molecule has 1 fully saturated rings. The summed E-state index contributed by atoms with van der Waals surface area (Å²) in [7, 11) is 0. The second kappa shape index (κ2) is 3.26. The number of urea groups is 1. The highest BCUT2D eigenvalue weighted by molar-refractivity contribution is 6.02. The van der Waals surface area contributed by atoms with Gasteiger partial charge in [-0.15, -0.1) is 12.3 Å². The van der Waals surface area contributed by atoms with Gasteiger partial charge in [-0.3, -0.25) is 10.1 Å². The Morgan fingerprint density at radius 2 is 2.42 bits per heavy atom. The molecule has 0 aromatic heterocycles. The minimum absolute atomic E-state index is 0.0681. The average molecular weight is 166 g/mol. The lowest BCUT2D eigenvalue weighted by Gasteiger charge is -2.19. The molecule has 1 rings (SSSR count). The van der Waals surface area contributed by atoms with Crippen molar-refractivity contribution >= 4 is 11.9 Å². The molecule has 4 nitrogen and oxygen atoms in total. The number of rotatable bonds is 2. The van der Waals surface area contributed by atoms with Gasteiger partial charge in [0.1, 0.15) is 6.54 Å². The third-order valence-corrected chi connectivity index (χ3v) is 1.77. The molecule has 0 radical (unpaired) electrons. The smallest absolute Gasteiger partial charge is 0.311 e. The third kappa shape index (κ3) is 1.56. The maximum atomic E-state index is 11.0. The van der Waals surface area contributed by atoms with E-state index in [1.807, 2.05) is 6.92 Å². The molecule has 1 N–H and O–H groups in total. The van der Waals surface area contributed by atoms with Gasteiger partial charge in [-0.25, -0.2) is 4.79 Å². The van der Waals surface area contributed by atoms with Crippen molar-refractivity contribution in [2.45, 2.75) is 19.4 Å². The van der Waals surface area contributed by atoms with Crippen LogP contribution in [0.5, 0.6) is 0 Å². The van der Waals surface area contributed by atoms with Gasteiger partial charge < -0.3 is 4.90 Å². The molecule has 1 heterocycles. The van der Waals surface area contributed by atoms with Crippen molar-refractivity contribution in [3.63, 3.8) is 0 Å². The maximum absolute atomic E-state index is 11.0. The molecule has 64 valence electrons. The number of hydrogen-bond donors (Lipinski definition) is 1. The van der Waals surface area contributed by atoms with E-state index in [1.54, 1.807) is 0 Å². The highest BCUT2D eigenvalue weighted by Gasteiger charge is 2.29. The molecular formula is C8H10N2O2. The number of nitrogens with zero attached hydrogens (tertiary/aromatic N) is 1. The first-order valence-corrected chi connectivity index (χ1v) is 3.69. The molecule has 0 spiro atoms. The summed E-state index contributed by atoms with van der Waals surface area (Å²) in [6.45, 7) is 1.94. The van der Waals surface area contributed by atoms with E-state index in [4.69, 9.17) is 6.42 Å². The Hall–Kier alpha value is -1.50. The van der Waals surface area contributed by atoms with Crippen LogP contribution in [-0.4, -0.2) is 29.4 Å². The van der Waals surface area contributed by atoms with Gasteiger partial charge in [0.05, 0.1) is 0 Å². The number of imide groups is 1. The zero-order valence-corrected chi connectivity index (χ0v) is 6.83.